The van der Waals surface area contributed by atoms with Crippen molar-refractivity contribution in [2.24, 2.45) is 4.99 Å². The van der Waals surface area contributed by atoms with E-state index in [1.165, 1.54) is 12.5 Å². The summed E-state index contributed by atoms with van der Waals surface area (Å²) in [6.07, 6.45) is 1.11. The summed E-state index contributed by atoms with van der Waals surface area (Å²) < 4.78 is 11.4. The van der Waals surface area contributed by atoms with Crippen molar-refractivity contribution in [1.82, 2.24) is 10.6 Å². The fourth-order valence-corrected chi connectivity index (χ4v) is 2.96. The number of carbonyl (C=O) groups excluding carboxylic acids is 1. The number of benzene rings is 2. The quantitative estimate of drug-likeness (QED) is 0.417. The summed E-state index contributed by atoms with van der Waals surface area (Å²) in [7, 11) is 3.31. The molecule has 1 atom stereocenters. The highest BCUT2D eigenvalue weighted by Crippen LogP contribution is 2.25. The molecule has 1 unspecified atom stereocenters. The molecule has 0 saturated carbocycles. The van der Waals surface area contributed by atoms with Crippen LogP contribution in [0.25, 0.3) is 0 Å². The molecular formula is C24H34N4O3. The van der Waals surface area contributed by atoms with Crippen molar-refractivity contribution in [3.8, 4) is 11.5 Å². The zero-order chi connectivity index (χ0) is 22.8. The van der Waals surface area contributed by atoms with Crippen molar-refractivity contribution >= 4 is 17.6 Å². The smallest absolute Gasteiger partial charge is 0.221 e. The Kier molecular flexibility index (Phi) is 9.18. The minimum Gasteiger partial charge on any atom is -0.495 e. The van der Waals surface area contributed by atoms with Gasteiger partial charge in [0.1, 0.15) is 11.5 Å². The molecule has 0 saturated heterocycles. The maximum Gasteiger partial charge on any atom is 0.221 e. The Hall–Kier alpha value is -3.22. The monoisotopic (exact) mass is 426 g/mol. The summed E-state index contributed by atoms with van der Waals surface area (Å²) in [6, 6.07) is 11.9. The zero-order valence-corrected chi connectivity index (χ0v) is 19.3. The third-order valence-corrected chi connectivity index (χ3v) is 4.83. The van der Waals surface area contributed by atoms with E-state index in [0.29, 0.717) is 30.5 Å². The van der Waals surface area contributed by atoms with Gasteiger partial charge in [0.25, 0.3) is 0 Å². The Balaban J connectivity index is 2.02. The predicted molar refractivity (Wildman–Crippen MR) is 126 cm³/mol. The van der Waals surface area contributed by atoms with Crippen LogP contribution in [-0.2, 0) is 17.9 Å². The maximum atomic E-state index is 11.4. The third-order valence-electron chi connectivity index (χ3n) is 4.83. The summed E-state index contributed by atoms with van der Waals surface area (Å²) >= 11 is 0. The van der Waals surface area contributed by atoms with Gasteiger partial charge in [-0.1, -0.05) is 25.1 Å². The Bertz CT molecular complexity index is 912. The molecule has 0 radical (unpaired) electrons. The van der Waals surface area contributed by atoms with Gasteiger partial charge in [-0.05, 0) is 49.6 Å². The van der Waals surface area contributed by atoms with Crippen LogP contribution in [0.1, 0.15) is 43.9 Å². The van der Waals surface area contributed by atoms with E-state index in [1.807, 2.05) is 18.2 Å². The van der Waals surface area contributed by atoms with E-state index in [2.05, 4.69) is 59.9 Å². The first-order valence-corrected chi connectivity index (χ1v) is 10.5. The van der Waals surface area contributed by atoms with E-state index in [-0.39, 0.29) is 12.0 Å². The topological polar surface area (TPSA) is 84.0 Å². The van der Waals surface area contributed by atoms with Gasteiger partial charge in [-0.3, -0.25) is 9.79 Å². The third kappa shape index (κ3) is 7.51. The van der Waals surface area contributed by atoms with Gasteiger partial charge in [-0.15, -0.1) is 0 Å². The summed E-state index contributed by atoms with van der Waals surface area (Å²) in [5.74, 6) is 2.04. The van der Waals surface area contributed by atoms with Crippen LogP contribution in [0.15, 0.2) is 41.4 Å². The number of nitrogens with zero attached hydrogens (tertiary/aromatic N) is 1. The van der Waals surface area contributed by atoms with Crippen LogP contribution in [0.2, 0.25) is 0 Å². The molecule has 0 fully saturated rings. The first-order valence-electron chi connectivity index (χ1n) is 10.5. The van der Waals surface area contributed by atoms with Crippen molar-refractivity contribution < 1.29 is 14.3 Å². The number of nitrogens with one attached hydrogen (secondary N) is 3. The van der Waals surface area contributed by atoms with Gasteiger partial charge in [-0.25, -0.2) is 0 Å². The fourth-order valence-electron chi connectivity index (χ4n) is 2.96. The fraction of sp³-hybridized carbons (Fsp3) is 0.417. The van der Waals surface area contributed by atoms with Crippen LogP contribution < -0.4 is 25.4 Å². The Labute approximate surface area is 185 Å². The van der Waals surface area contributed by atoms with Crippen molar-refractivity contribution in [1.29, 1.82) is 0 Å². The van der Waals surface area contributed by atoms with Crippen molar-refractivity contribution in [3.05, 3.63) is 53.1 Å². The van der Waals surface area contributed by atoms with Gasteiger partial charge in [0.15, 0.2) is 5.96 Å². The first kappa shape index (κ1) is 24.1. The predicted octanol–water partition coefficient (Wildman–Crippen LogP) is 4.00. The largest absolute Gasteiger partial charge is 0.495 e. The number of hydrogen-bond acceptors (Lipinski definition) is 4. The Morgan fingerprint density at radius 3 is 2.48 bits per heavy atom. The highest BCUT2D eigenvalue weighted by atomic mass is 16.5. The molecule has 0 spiro atoms. The average Bonchev–Trinajstić information content (AvgIpc) is 2.74. The summed E-state index contributed by atoms with van der Waals surface area (Å²) in [5.41, 5.74) is 3.87. The molecule has 0 aliphatic carbocycles. The number of aliphatic imine (C=N–C) groups is 1. The number of carbonyl (C=O) groups is 1. The molecule has 2 rings (SSSR count). The lowest BCUT2D eigenvalue weighted by atomic mass is 10.1. The molecule has 2 aromatic carbocycles. The van der Waals surface area contributed by atoms with E-state index >= 15 is 0 Å². The molecule has 0 heterocycles. The average molecular weight is 427 g/mol. The summed E-state index contributed by atoms with van der Waals surface area (Å²) in [4.78, 5) is 15.7. The number of ether oxygens (including phenoxy) is 2. The lowest BCUT2D eigenvalue weighted by Gasteiger charge is -2.18. The summed E-state index contributed by atoms with van der Waals surface area (Å²) in [6.45, 7) is 8.85. The zero-order valence-electron chi connectivity index (χ0n) is 19.3. The Morgan fingerprint density at radius 2 is 1.84 bits per heavy atom. The minimum absolute atomic E-state index is 0.144. The number of rotatable bonds is 9. The van der Waals surface area contributed by atoms with Crippen LogP contribution >= 0.6 is 0 Å². The Morgan fingerprint density at radius 1 is 1.10 bits per heavy atom. The van der Waals surface area contributed by atoms with Gasteiger partial charge < -0.3 is 25.4 Å². The molecule has 0 bridgehead atoms. The molecule has 7 nitrogen and oxygen atoms in total. The van der Waals surface area contributed by atoms with Crippen molar-refractivity contribution in [3.63, 3.8) is 0 Å². The van der Waals surface area contributed by atoms with E-state index in [9.17, 15) is 4.79 Å². The molecule has 2 aromatic rings. The molecule has 0 aliphatic rings. The normalized spacial score (nSPS) is 12.1. The number of methoxy groups -OCH3 is 1. The molecule has 3 N–H and O–H groups in total. The van der Waals surface area contributed by atoms with Crippen molar-refractivity contribution in [2.45, 2.75) is 53.3 Å². The van der Waals surface area contributed by atoms with E-state index in [1.54, 1.807) is 14.2 Å². The molecule has 168 valence electrons. The number of anilines is 1. The molecule has 0 aromatic heterocycles. The van der Waals surface area contributed by atoms with Crippen LogP contribution in [0, 0.1) is 6.92 Å². The minimum atomic E-state index is -0.144. The molecule has 7 heteroatoms. The van der Waals surface area contributed by atoms with E-state index in [0.717, 1.165) is 23.3 Å². The number of hydrogen-bond donors (Lipinski definition) is 3. The SMILES string of the molecule is CCC(C)Oc1cc(C)ccc1CNC(=NC)NCc1ccc(OC)c(NC(C)=O)c1. The van der Waals surface area contributed by atoms with Gasteiger partial charge in [0, 0.05) is 32.6 Å². The number of aryl methyl sites for hydroxylation is 1. The summed E-state index contributed by atoms with van der Waals surface area (Å²) in [5, 5.41) is 9.43. The second-order valence-electron chi connectivity index (χ2n) is 7.44. The molecule has 31 heavy (non-hydrogen) atoms. The van der Waals surface area contributed by atoms with Crippen LogP contribution in [0.4, 0.5) is 5.69 Å². The molecule has 0 aliphatic heterocycles. The lowest BCUT2D eigenvalue weighted by molar-refractivity contribution is -0.114. The second kappa shape index (κ2) is 11.8. The van der Waals surface area contributed by atoms with Crippen LogP contribution in [-0.4, -0.2) is 32.1 Å². The second-order valence-corrected chi connectivity index (χ2v) is 7.44. The van der Waals surface area contributed by atoms with Crippen molar-refractivity contribution in [2.75, 3.05) is 19.5 Å². The highest BCUT2D eigenvalue weighted by molar-refractivity contribution is 5.90. The number of guanidine groups is 1. The maximum absolute atomic E-state index is 11.4. The van der Waals surface area contributed by atoms with Gasteiger partial charge in [-0.2, -0.15) is 0 Å². The lowest BCUT2D eigenvalue weighted by Crippen LogP contribution is -2.36. The van der Waals surface area contributed by atoms with Gasteiger partial charge in [0.2, 0.25) is 5.91 Å². The molecular weight excluding hydrogens is 392 g/mol. The van der Waals surface area contributed by atoms with Crippen LogP contribution in [0.3, 0.4) is 0 Å². The first-order chi connectivity index (χ1) is 14.9. The number of amides is 1. The standard InChI is InChI=1S/C24H34N4O3/c1-7-17(3)31-23-12-16(2)8-10-20(23)15-27-24(25-5)26-14-19-9-11-22(30-6)21(13-19)28-18(4)29/h8-13,17H,7,14-15H2,1-6H3,(H,28,29)(H2,25,26,27). The van der Waals surface area contributed by atoms with Gasteiger partial charge >= 0.3 is 0 Å². The highest BCUT2D eigenvalue weighted by Gasteiger charge is 2.10. The van der Waals surface area contributed by atoms with Crippen LogP contribution in [0.5, 0.6) is 11.5 Å². The molecule has 1 amide bonds. The van der Waals surface area contributed by atoms with E-state index < -0.39 is 0 Å². The van der Waals surface area contributed by atoms with Gasteiger partial charge in [0.05, 0.1) is 18.9 Å². The van der Waals surface area contributed by atoms with E-state index in [4.69, 9.17) is 9.47 Å².